The molecule has 5 aromatic rings. The number of hydrogen-bond acceptors (Lipinski definition) is 8. The third kappa shape index (κ3) is 3.99. The van der Waals surface area contributed by atoms with Crippen LogP contribution < -0.4 is 4.90 Å². The molecule has 0 saturated carbocycles. The second kappa shape index (κ2) is 9.18. The Morgan fingerprint density at radius 2 is 1.84 bits per heavy atom. The number of aromatic nitrogens is 2. The predicted octanol–water partition coefficient (Wildman–Crippen LogP) is 7.53. The van der Waals surface area contributed by atoms with Crippen molar-refractivity contribution in [3.05, 3.63) is 97.3 Å². The van der Waals surface area contributed by atoms with Crippen LogP contribution in [0.5, 0.6) is 0 Å². The van der Waals surface area contributed by atoms with Crippen LogP contribution in [0.4, 0.5) is 5.13 Å². The van der Waals surface area contributed by atoms with Gasteiger partial charge in [-0.15, -0.1) is 22.7 Å². The number of amides is 1. The van der Waals surface area contributed by atoms with Crippen molar-refractivity contribution in [3.8, 4) is 10.6 Å². The van der Waals surface area contributed by atoms with Crippen LogP contribution in [0.1, 0.15) is 31.8 Å². The number of benzene rings is 2. The summed E-state index contributed by atoms with van der Waals surface area (Å²) in [5.74, 6) is -1.64. The molecule has 0 fully saturated rings. The maximum atomic E-state index is 14.0. The minimum absolute atomic E-state index is 0.0345. The first-order valence-electron chi connectivity index (χ1n) is 11.3. The number of thiophene rings is 1. The van der Waals surface area contributed by atoms with E-state index in [1.165, 1.54) is 38.9 Å². The first-order chi connectivity index (χ1) is 17.8. The van der Waals surface area contributed by atoms with E-state index in [-0.39, 0.29) is 5.57 Å². The van der Waals surface area contributed by atoms with Gasteiger partial charge in [0.2, 0.25) is 5.78 Å². The second-order valence-electron chi connectivity index (χ2n) is 8.55. The van der Waals surface area contributed by atoms with Crippen molar-refractivity contribution in [1.82, 2.24) is 9.97 Å². The number of aliphatic hydroxyl groups excluding tert-OH is 1. The fourth-order valence-electron chi connectivity index (χ4n) is 4.33. The van der Waals surface area contributed by atoms with E-state index in [0.29, 0.717) is 31.2 Å². The molecule has 1 unspecified atom stereocenters. The zero-order valence-electron chi connectivity index (χ0n) is 19.6. The normalized spacial score (nSPS) is 15.8. The van der Waals surface area contributed by atoms with Crippen LogP contribution in [0.25, 0.3) is 20.8 Å². The lowest BCUT2D eigenvalue weighted by atomic mass is 10.0. The summed E-state index contributed by atoms with van der Waals surface area (Å²) < 4.78 is 0.861. The lowest BCUT2D eigenvalue weighted by Crippen LogP contribution is -2.30. The first-order valence-corrected chi connectivity index (χ1v) is 14.2. The summed E-state index contributed by atoms with van der Waals surface area (Å²) in [6.45, 7) is 3.67. The molecule has 0 bridgehead atoms. The van der Waals surface area contributed by atoms with Crippen molar-refractivity contribution in [3.63, 3.8) is 0 Å². The number of halogens is 1. The molecule has 3 aromatic heterocycles. The fraction of sp³-hybridized carbons (Fsp3) is 0.111. The van der Waals surface area contributed by atoms with Crippen LogP contribution in [-0.2, 0) is 4.79 Å². The van der Waals surface area contributed by atoms with Crippen molar-refractivity contribution in [1.29, 1.82) is 0 Å². The summed E-state index contributed by atoms with van der Waals surface area (Å²) in [5.41, 5.74) is 3.04. The zero-order chi connectivity index (χ0) is 25.8. The Kier molecular flexibility index (Phi) is 5.95. The molecule has 1 aliphatic rings. The monoisotopic (exact) mass is 563 g/mol. The average Bonchev–Trinajstić information content (AvgIpc) is 3.67. The van der Waals surface area contributed by atoms with Crippen molar-refractivity contribution in [2.75, 3.05) is 4.90 Å². The molecule has 1 N–H and O–H groups in total. The van der Waals surface area contributed by atoms with Gasteiger partial charge in [-0.3, -0.25) is 14.5 Å². The summed E-state index contributed by atoms with van der Waals surface area (Å²) in [7, 11) is 0. The first kappa shape index (κ1) is 24.0. The second-order valence-corrected chi connectivity index (χ2v) is 11.9. The largest absolute Gasteiger partial charge is 0.503 e. The van der Waals surface area contributed by atoms with Crippen LogP contribution in [0.15, 0.2) is 71.3 Å². The summed E-state index contributed by atoms with van der Waals surface area (Å²) in [6.07, 6.45) is 0. The summed E-state index contributed by atoms with van der Waals surface area (Å²) in [6, 6.07) is 16.2. The number of ketones is 1. The minimum Gasteiger partial charge on any atom is -0.503 e. The van der Waals surface area contributed by atoms with Crippen molar-refractivity contribution in [2.24, 2.45) is 0 Å². The van der Waals surface area contributed by atoms with Crippen LogP contribution in [0.3, 0.4) is 0 Å². The van der Waals surface area contributed by atoms with E-state index >= 15 is 0 Å². The third-order valence-corrected chi connectivity index (χ3v) is 9.71. The quantitative estimate of drug-likeness (QED) is 0.223. The number of nitrogens with zero attached hydrogens (tertiary/aromatic N) is 3. The topological polar surface area (TPSA) is 83.4 Å². The van der Waals surface area contributed by atoms with Crippen molar-refractivity contribution in [2.45, 2.75) is 19.9 Å². The van der Waals surface area contributed by atoms with Gasteiger partial charge in [0, 0.05) is 15.5 Å². The van der Waals surface area contributed by atoms with Gasteiger partial charge in [-0.2, -0.15) is 0 Å². The minimum atomic E-state index is -0.807. The summed E-state index contributed by atoms with van der Waals surface area (Å²) >= 11 is 10.3. The van der Waals surface area contributed by atoms with E-state index in [1.807, 2.05) is 60.8 Å². The van der Waals surface area contributed by atoms with Gasteiger partial charge in [0.25, 0.3) is 5.91 Å². The Labute approximate surface area is 229 Å². The summed E-state index contributed by atoms with van der Waals surface area (Å²) in [4.78, 5) is 39.2. The molecule has 1 aliphatic heterocycles. The number of thiazole rings is 2. The molecule has 184 valence electrons. The molecule has 1 amide bonds. The standard InChI is InChI=1S/C27H18ClN3O3S3/c1-13-11-19-17(12-16(13)28)30-27(36-19)31-21(18-9-6-10-35-18)20(23(33)26(31)34)22(32)24-14(2)29-25(37-24)15-7-4-3-5-8-15/h3-12,21,33H,1-2H3. The Morgan fingerprint density at radius 3 is 2.57 bits per heavy atom. The predicted molar refractivity (Wildman–Crippen MR) is 150 cm³/mol. The van der Waals surface area contributed by atoms with Gasteiger partial charge < -0.3 is 5.11 Å². The van der Waals surface area contributed by atoms with Gasteiger partial charge >= 0.3 is 0 Å². The fourth-order valence-corrected chi connectivity index (χ4v) is 7.40. The highest BCUT2D eigenvalue weighted by atomic mass is 35.5. The molecule has 0 aliphatic carbocycles. The Bertz CT molecular complexity index is 1680. The molecule has 1 atom stereocenters. The van der Waals surface area contributed by atoms with Gasteiger partial charge in [0.1, 0.15) is 11.0 Å². The molecule has 0 saturated heterocycles. The van der Waals surface area contributed by atoms with Crippen LogP contribution in [-0.4, -0.2) is 26.8 Å². The number of carbonyl (C=O) groups excluding carboxylic acids is 2. The third-order valence-electron chi connectivity index (χ3n) is 6.15. The van der Waals surface area contributed by atoms with E-state index < -0.39 is 23.5 Å². The van der Waals surface area contributed by atoms with E-state index in [0.717, 1.165) is 20.7 Å². The summed E-state index contributed by atoms with van der Waals surface area (Å²) in [5, 5.41) is 14.6. The molecular formula is C27H18ClN3O3S3. The number of carbonyl (C=O) groups is 2. The number of rotatable bonds is 5. The van der Waals surface area contributed by atoms with E-state index in [1.54, 1.807) is 13.0 Å². The molecule has 37 heavy (non-hydrogen) atoms. The number of aryl methyl sites for hydroxylation is 2. The maximum absolute atomic E-state index is 14.0. The Balaban J connectivity index is 1.46. The van der Waals surface area contributed by atoms with Gasteiger partial charge in [-0.1, -0.05) is 59.3 Å². The number of fused-ring (bicyclic) bond motifs is 1. The molecule has 0 radical (unpaired) electrons. The number of aliphatic hydroxyl groups is 1. The lowest BCUT2D eigenvalue weighted by Gasteiger charge is -2.22. The van der Waals surface area contributed by atoms with Crippen LogP contribution in [0.2, 0.25) is 5.02 Å². The Hall–Kier alpha value is -3.37. The number of hydrogen-bond donors (Lipinski definition) is 1. The van der Waals surface area contributed by atoms with Gasteiger partial charge in [-0.25, -0.2) is 9.97 Å². The van der Waals surface area contributed by atoms with Crippen molar-refractivity contribution >= 4 is 72.6 Å². The smallest absolute Gasteiger partial charge is 0.296 e. The molecular weight excluding hydrogens is 546 g/mol. The van der Waals surface area contributed by atoms with Crippen molar-refractivity contribution < 1.29 is 14.7 Å². The molecule has 6 rings (SSSR count). The van der Waals surface area contributed by atoms with Gasteiger partial charge in [-0.05, 0) is 43.0 Å². The number of anilines is 1. The molecule has 0 spiro atoms. The molecule has 2 aromatic carbocycles. The van der Waals surface area contributed by atoms with E-state index in [4.69, 9.17) is 11.6 Å². The van der Waals surface area contributed by atoms with E-state index in [2.05, 4.69) is 9.97 Å². The highest BCUT2D eigenvalue weighted by Crippen LogP contribution is 2.46. The van der Waals surface area contributed by atoms with Crippen LogP contribution in [0, 0.1) is 13.8 Å². The number of Topliss-reactive ketones (excluding diaryl/α,β-unsaturated/α-hetero) is 1. The highest BCUT2D eigenvalue weighted by Gasteiger charge is 2.47. The SMILES string of the molecule is Cc1cc2sc(N3C(=O)C(O)=C(C(=O)c4sc(-c5ccccc5)nc4C)C3c3cccs3)nc2cc1Cl. The average molecular weight is 564 g/mol. The molecule has 6 nitrogen and oxygen atoms in total. The molecule has 10 heteroatoms. The Morgan fingerprint density at radius 1 is 1.05 bits per heavy atom. The van der Waals surface area contributed by atoms with Gasteiger partial charge in [0.15, 0.2) is 10.9 Å². The maximum Gasteiger partial charge on any atom is 0.296 e. The highest BCUT2D eigenvalue weighted by molar-refractivity contribution is 7.22. The zero-order valence-corrected chi connectivity index (χ0v) is 22.8. The van der Waals surface area contributed by atoms with Gasteiger partial charge in [0.05, 0.1) is 26.4 Å². The van der Waals surface area contributed by atoms with Crippen LogP contribution >= 0.6 is 45.6 Å². The molecule has 4 heterocycles. The van der Waals surface area contributed by atoms with E-state index in [9.17, 15) is 14.7 Å². The lowest BCUT2D eigenvalue weighted by molar-refractivity contribution is -0.117.